The number of aromatic nitrogens is 4. The topological polar surface area (TPSA) is 130 Å². The van der Waals surface area contributed by atoms with Crippen molar-refractivity contribution in [1.82, 2.24) is 24.4 Å². The largest absolute Gasteiger partial charge is 0.475 e. The molecule has 0 saturated heterocycles. The first-order valence-electron chi connectivity index (χ1n) is 13.6. The van der Waals surface area contributed by atoms with Crippen LogP contribution < -0.4 is 15.4 Å². The van der Waals surface area contributed by atoms with E-state index in [4.69, 9.17) is 14.2 Å². The van der Waals surface area contributed by atoms with Crippen LogP contribution in [0.2, 0.25) is 0 Å². The highest BCUT2D eigenvalue weighted by atomic mass is 32.1. The number of ether oxygens (including phenoxy) is 1. The Bertz CT molecular complexity index is 1630. The van der Waals surface area contributed by atoms with Gasteiger partial charge in [-0.25, -0.2) is 14.8 Å². The Kier molecular flexibility index (Phi) is 8.25. The van der Waals surface area contributed by atoms with Crippen LogP contribution in [0.3, 0.4) is 0 Å². The maximum atomic E-state index is 12.4. The van der Waals surface area contributed by atoms with Gasteiger partial charge < -0.3 is 24.6 Å². The maximum Gasteiger partial charge on any atom is 0.324 e. The van der Waals surface area contributed by atoms with Crippen LogP contribution in [-0.2, 0) is 5.41 Å². The maximum absolute atomic E-state index is 12.4. The highest BCUT2D eigenvalue weighted by molar-refractivity contribution is 7.23. The summed E-state index contributed by atoms with van der Waals surface area (Å²) in [6.07, 6.45) is 1.39. The molecule has 1 unspecified atom stereocenters. The highest BCUT2D eigenvalue weighted by Crippen LogP contribution is 2.30. The Morgan fingerprint density at radius 1 is 1.12 bits per heavy atom. The molecule has 4 aromatic heterocycles. The molecular weight excluding hydrogens is 542 g/mol. The molecule has 0 spiro atoms. The van der Waals surface area contributed by atoms with Crippen molar-refractivity contribution < 1.29 is 19.2 Å². The standard InChI is InChI=1S/C29H35N7O4S/c1-6-35(7-2)15-20(37)17-39-25-13-12-22-26(33-25)41-28-31-21(16-36(22)28)18-8-10-19(11-9-18)30-27(38)32-24-14-23(40-34-24)29(3,4)5/h8-14,16,20,37H,6-7,15,17H2,1-5H3,(H2,30,32,34,38). The number of nitrogens with zero attached hydrogens (tertiary/aromatic N) is 5. The van der Waals surface area contributed by atoms with Crippen LogP contribution in [-0.4, -0.2) is 67.9 Å². The third-order valence-corrected chi connectivity index (χ3v) is 7.62. The van der Waals surface area contributed by atoms with Crippen molar-refractivity contribution in [3.05, 3.63) is 54.4 Å². The van der Waals surface area contributed by atoms with Gasteiger partial charge in [0.25, 0.3) is 0 Å². The lowest BCUT2D eigenvalue weighted by Crippen LogP contribution is -2.35. The van der Waals surface area contributed by atoms with Crippen molar-refractivity contribution in [2.75, 3.05) is 36.9 Å². The van der Waals surface area contributed by atoms with Gasteiger partial charge in [0.15, 0.2) is 10.8 Å². The summed E-state index contributed by atoms with van der Waals surface area (Å²) in [6.45, 7) is 12.7. The Morgan fingerprint density at radius 2 is 1.88 bits per heavy atom. The molecule has 3 N–H and O–H groups in total. The van der Waals surface area contributed by atoms with E-state index in [1.165, 1.54) is 11.3 Å². The van der Waals surface area contributed by atoms with E-state index in [1.807, 2.05) is 67.8 Å². The van der Waals surface area contributed by atoms with Gasteiger partial charge in [-0.1, -0.05) is 63.2 Å². The average molecular weight is 578 g/mol. The second-order valence-corrected chi connectivity index (χ2v) is 11.7. The number of rotatable bonds is 10. The third kappa shape index (κ3) is 6.67. The minimum Gasteiger partial charge on any atom is -0.475 e. The van der Waals surface area contributed by atoms with E-state index in [0.717, 1.165) is 39.7 Å². The quantitative estimate of drug-likeness (QED) is 0.195. The fraction of sp³-hybridized carbons (Fsp3) is 0.379. The first-order chi connectivity index (χ1) is 19.6. The summed E-state index contributed by atoms with van der Waals surface area (Å²) < 4.78 is 13.1. The SMILES string of the molecule is CCN(CC)CC(O)COc1ccc2c(n1)sc1nc(-c3ccc(NC(=O)Nc4cc(C(C)(C)C)on4)cc3)cn12. The summed E-state index contributed by atoms with van der Waals surface area (Å²) in [5.74, 6) is 1.53. The Hall–Kier alpha value is -4.00. The van der Waals surface area contributed by atoms with Crippen LogP contribution in [0.1, 0.15) is 40.4 Å². The first-order valence-corrected chi connectivity index (χ1v) is 14.4. The van der Waals surface area contributed by atoms with Crippen molar-refractivity contribution in [3.63, 3.8) is 0 Å². The number of imidazole rings is 1. The van der Waals surface area contributed by atoms with Crippen molar-refractivity contribution in [1.29, 1.82) is 0 Å². The number of carbonyl (C=O) groups is 1. The van der Waals surface area contributed by atoms with Crippen LogP contribution >= 0.6 is 11.3 Å². The van der Waals surface area contributed by atoms with Crippen LogP contribution in [0.4, 0.5) is 16.3 Å². The molecule has 0 bridgehead atoms. The van der Waals surface area contributed by atoms with Gasteiger partial charge in [0.05, 0.1) is 11.2 Å². The lowest BCUT2D eigenvalue weighted by atomic mass is 9.93. The number of aliphatic hydroxyl groups is 1. The molecule has 0 saturated carbocycles. The van der Waals surface area contributed by atoms with E-state index in [1.54, 1.807) is 6.07 Å². The number of benzene rings is 1. The molecule has 0 radical (unpaired) electrons. The van der Waals surface area contributed by atoms with Crippen molar-refractivity contribution in [2.24, 2.45) is 0 Å². The lowest BCUT2D eigenvalue weighted by molar-refractivity contribution is 0.0700. The van der Waals surface area contributed by atoms with Gasteiger partial charge in [-0.05, 0) is 31.3 Å². The van der Waals surface area contributed by atoms with Gasteiger partial charge in [-0.2, -0.15) is 0 Å². The number of hydrogen-bond acceptors (Lipinski definition) is 9. The van der Waals surface area contributed by atoms with E-state index >= 15 is 0 Å². The fourth-order valence-electron chi connectivity index (χ4n) is 4.29. The molecule has 216 valence electrons. The summed E-state index contributed by atoms with van der Waals surface area (Å²) in [5.41, 5.74) is 3.09. The Morgan fingerprint density at radius 3 is 2.56 bits per heavy atom. The number of nitrogens with one attached hydrogen (secondary N) is 2. The van der Waals surface area contributed by atoms with Crippen molar-refractivity contribution in [2.45, 2.75) is 46.1 Å². The molecule has 1 aromatic carbocycles. The average Bonchev–Trinajstić information content (AvgIpc) is 3.65. The molecule has 0 aliphatic heterocycles. The number of anilines is 2. The van der Waals surface area contributed by atoms with Crippen molar-refractivity contribution >= 4 is 44.2 Å². The third-order valence-electron chi connectivity index (χ3n) is 6.65. The highest BCUT2D eigenvalue weighted by Gasteiger charge is 2.20. The first kappa shape index (κ1) is 28.5. The molecule has 4 heterocycles. The smallest absolute Gasteiger partial charge is 0.324 e. The lowest BCUT2D eigenvalue weighted by Gasteiger charge is -2.21. The predicted molar refractivity (Wildman–Crippen MR) is 161 cm³/mol. The zero-order valence-corrected chi connectivity index (χ0v) is 24.7. The van der Waals surface area contributed by atoms with E-state index in [0.29, 0.717) is 29.7 Å². The zero-order chi connectivity index (χ0) is 29.1. The summed E-state index contributed by atoms with van der Waals surface area (Å²) in [4.78, 5) is 25.6. The molecule has 1 atom stereocenters. The second-order valence-electron chi connectivity index (χ2n) is 10.8. The Balaban J connectivity index is 1.21. The molecule has 2 amide bonds. The van der Waals surface area contributed by atoms with Crippen LogP contribution in [0.25, 0.3) is 26.6 Å². The van der Waals surface area contributed by atoms with Crippen LogP contribution in [0.15, 0.2) is 53.2 Å². The molecule has 5 aromatic rings. The summed E-state index contributed by atoms with van der Waals surface area (Å²) in [6, 6.07) is 12.5. The molecule has 41 heavy (non-hydrogen) atoms. The number of likely N-dealkylation sites (N-methyl/N-ethyl adjacent to an activating group) is 1. The molecular formula is C29H35N7O4S. The van der Waals surface area contributed by atoms with Gasteiger partial charge >= 0.3 is 6.03 Å². The minimum absolute atomic E-state index is 0.187. The van der Waals surface area contributed by atoms with E-state index in [-0.39, 0.29) is 12.0 Å². The minimum atomic E-state index is -0.582. The normalized spacial score (nSPS) is 12.8. The summed E-state index contributed by atoms with van der Waals surface area (Å²) >= 11 is 1.47. The number of urea groups is 1. The number of carbonyl (C=O) groups excluding carboxylic acids is 1. The molecule has 0 fully saturated rings. The van der Waals surface area contributed by atoms with Gasteiger partial charge in [0.1, 0.15) is 23.3 Å². The second kappa shape index (κ2) is 11.9. The molecule has 12 heteroatoms. The fourth-order valence-corrected chi connectivity index (χ4v) is 5.27. The summed E-state index contributed by atoms with van der Waals surface area (Å²) in [5, 5.41) is 19.7. The van der Waals surface area contributed by atoms with Crippen LogP contribution in [0.5, 0.6) is 5.88 Å². The number of hydrogen-bond donors (Lipinski definition) is 3. The van der Waals surface area contributed by atoms with Gasteiger partial charge in [0.2, 0.25) is 5.88 Å². The van der Waals surface area contributed by atoms with Gasteiger partial charge in [-0.15, -0.1) is 0 Å². The van der Waals surface area contributed by atoms with E-state index in [9.17, 15) is 9.90 Å². The number of thiazole rings is 1. The number of fused-ring (bicyclic) bond motifs is 3. The van der Waals surface area contributed by atoms with Gasteiger partial charge in [-0.3, -0.25) is 9.72 Å². The monoisotopic (exact) mass is 577 g/mol. The number of amides is 2. The molecule has 0 aliphatic rings. The van der Waals surface area contributed by atoms with Gasteiger partial charge in [0, 0.05) is 41.5 Å². The molecule has 5 rings (SSSR count). The summed E-state index contributed by atoms with van der Waals surface area (Å²) in [7, 11) is 0. The van der Waals surface area contributed by atoms with E-state index in [2.05, 4.69) is 39.5 Å². The van der Waals surface area contributed by atoms with Crippen LogP contribution in [0, 0.1) is 0 Å². The van der Waals surface area contributed by atoms with Crippen molar-refractivity contribution in [3.8, 4) is 17.1 Å². The molecule has 0 aliphatic carbocycles. The zero-order valence-electron chi connectivity index (χ0n) is 23.8. The van der Waals surface area contributed by atoms with E-state index < -0.39 is 12.1 Å². The number of aliphatic hydroxyl groups excluding tert-OH is 1. The number of pyridine rings is 1. The Labute approximate surface area is 242 Å². The predicted octanol–water partition coefficient (Wildman–Crippen LogP) is 5.62. The molecule has 11 nitrogen and oxygen atoms in total.